The molecule has 2 fully saturated rings. The summed E-state index contributed by atoms with van der Waals surface area (Å²) >= 11 is 0. The minimum absolute atomic E-state index is 0.431. The van der Waals surface area contributed by atoms with Crippen LogP contribution < -0.4 is 0 Å². The Balaban J connectivity index is 1.76. The van der Waals surface area contributed by atoms with Crippen LogP contribution in [0.25, 0.3) is 0 Å². The van der Waals surface area contributed by atoms with E-state index in [-0.39, 0.29) is 0 Å². The van der Waals surface area contributed by atoms with Gasteiger partial charge in [-0.05, 0) is 18.8 Å². The first-order valence-electron chi connectivity index (χ1n) is 7.39. The van der Waals surface area contributed by atoms with Gasteiger partial charge in [-0.3, -0.25) is 4.79 Å². The zero-order valence-electron chi connectivity index (χ0n) is 10.5. The normalized spacial score (nSPS) is 25.2. The molecule has 1 nitrogen and oxygen atoms in total. The van der Waals surface area contributed by atoms with E-state index in [1.54, 1.807) is 0 Å². The maximum Gasteiger partial charge on any atom is 0.136 e. The summed E-state index contributed by atoms with van der Waals surface area (Å²) in [6.07, 6.45) is 15.3. The Morgan fingerprint density at radius 3 is 1.88 bits per heavy atom. The highest BCUT2D eigenvalue weighted by Crippen LogP contribution is 2.31. The van der Waals surface area contributed by atoms with Crippen LogP contribution in [0.2, 0.25) is 0 Å². The molecule has 0 saturated heterocycles. The number of ketones is 1. The molecule has 2 rings (SSSR count). The average molecular weight is 222 g/mol. The van der Waals surface area contributed by atoms with Gasteiger partial charge in [0, 0.05) is 12.3 Å². The molecule has 2 aliphatic carbocycles. The molecular formula is C15H26O. The molecule has 0 aliphatic heterocycles. The van der Waals surface area contributed by atoms with E-state index >= 15 is 0 Å². The Kier molecular flexibility index (Phi) is 4.87. The minimum atomic E-state index is 0.431. The Morgan fingerprint density at radius 1 is 0.750 bits per heavy atom. The molecule has 1 heteroatoms. The molecule has 0 atom stereocenters. The lowest BCUT2D eigenvalue weighted by Crippen LogP contribution is -2.18. The van der Waals surface area contributed by atoms with Crippen molar-refractivity contribution in [3.63, 3.8) is 0 Å². The van der Waals surface area contributed by atoms with Crippen molar-refractivity contribution in [3.05, 3.63) is 0 Å². The molecule has 0 radical (unpaired) electrons. The lowest BCUT2D eigenvalue weighted by Gasteiger charge is -2.20. The Labute approximate surface area is 100.0 Å². The molecule has 2 aliphatic rings. The third-order valence-electron chi connectivity index (χ3n) is 4.53. The fourth-order valence-electron chi connectivity index (χ4n) is 3.44. The summed E-state index contributed by atoms with van der Waals surface area (Å²) in [7, 11) is 0. The van der Waals surface area contributed by atoms with Gasteiger partial charge in [0.05, 0.1) is 0 Å². The molecular weight excluding hydrogens is 196 g/mol. The molecule has 0 unspecified atom stereocenters. The molecule has 0 bridgehead atoms. The van der Waals surface area contributed by atoms with Crippen LogP contribution in [0.15, 0.2) is 0 Å². The van der Waals surface area contributed by atoms with Crippen molar-refractivity contribution in [1.29, 1.82) is 0 Å². The molecule has 0 aromatic rings. The molecule has 92 valence electrons. The Bertz CT molecular complexity index is 207. The van der Waals surface area contributed by atoms with Gasteiger partial charge in [0.25, 0.3) is 0 Å². The third-order valence-corrected chi connectivity index (χ3v) is 4.53. The van der Waals surface area contributed by atoms with E-state index in [4.69, 9.17) is 0 Å². The van der Waals surface area contributed by atoms with Gasteiger partial charge in [0.15, 0.2) is 0 Å². The second kappa shape index (κ2) is 6.42. The largest absolute Gasteiger partial charge is 0.299 e. The molecule has 16 heavy (non-hydrogen) atoms. The predicted molar refractivity (Wildman–Crippen MR) is 67.4 cm³/mol. The summed E-state index contributed by atoms with van der Waals surface area (Å²) in [4.78, 5) is 12.2. The van der Waals surface area contributed by atoms with E-state index < -0.39 is 0 Å². The van der Waals surface area contributed by atoms with Crippen molar-refractivity contribution in [2.45, 2.75) is 77.0 Å². The quantitative estimate of drug-likeness (QED) is 0.687. The van der Waals surface area contributed by atoms with Crippen LogP contribution in [-0.2, 0) is 4.79 Å². The summed E-state index contributed by atoms with van der Waals surface area (Å²) in [5.74, 6) is 1.78. The topological polar surface area (TPSA) is 17.1 Å². The highest BCUT2D eigenvalue weighted by molar-refractivity contribution is 5.81. The van der Waals surface area contributed by atoms with Gasteiger partial charge in [-0.1, -0.05) is 57.8 Å². The smallest absolute Gasteiger partial charge is 0.136 e. The van der Waals surface area contributed by atoms with Crippen LogP contribution in [0.1, 0.15) is 77.0 Å². The van der Waals surface area contributed by atoms with Gasteiger partial charge >= 0.3 is 0 Å². The number of carbonyl (C=O) groups excluding carboxylic acids is 1. The first-order valence-corrected chi connectivity index (χ1v) is 7.39. The van der Waals surface area contributed by atoms with E-state index in [0.717, 1.165) is 12.3 Å². The van der Waals surface area contributed by atoms with Gasteiger partial charge in [0.1, 0.15) is 5.78 Å². The van der Waals surface area contributed by atoms with Crippen molar-refractivity contribution >= 4 is 5.78 Å². The molecule has 0 aromatic carbocycles. The number of rotatable bonds is 3. The van der Waals surface area contributed by atoms with E-state index in [0.29, 0.717) is 11.7 Å². The monoisotopic (exact) mass is 222 g/mol. The Morgan fingerprint density at radius 2 is 1.25 bits per heavy atom. The second-order valence-corrected chi connectivity index (χ2v) is 5.86. The van der Waals surface area contributed by atoms with Crippen LogP contribution in [-0.4, -0.2) is 5.78 Å². The maximum atomic E-state index is 12.2. The summed E-state index contributed by atoms with van der Waals surface area (Å²) < 4.78 is 0. The molecule has 2 saturated carbocycles. The fraction of sp³-hybridized carbons (Fsp3) is 0.933. The van der Waals surface area contributed by atoms with E-state index in [9.17, 15) is 4.79 Å². The number of hydrogen-bond acceptors (Lipinski definition) is 1. The van der Waals surface area contributed by atoms with E-state index in [1.807, 2.05) is 0 Å². The van der Waals surface area contributed by atoms with Crippen molar-refractivity contribution in [1.82, 2.24) is 0 Å². The summed E-state index contributed by atoms with van der Waals surface area (Å²) in [6.45, 7) is 0. The van der Waals surface area contributed by atoms with Crippen LogP contribution in [0.4, 0.5) is 0 Å². The van der Waals surface area contributed by atoms with Gasteiger partial charge in [-0.2, -0.15) is 0 Å². The van der Waals surface area contributed by atoms with Crippen LogP contribution in [0.3, 0.4) is 0 Å². The first-order chi connectivity index (χ1) is 7.86. The SMILES string of the molecule is O=C(CC1CCCC1)C1CCCCCCC1. The molecule has 0 heterocycles. The van der Waals surface area contributed by atoms with Gasteiger partial charge < -0.3 is 0 Å². The number of Topliss-reactive ketones (excluding diaryl/α,β-unsaturated/α-hetero) is 1. The Hall–Kier alpha value is -0.330. The summed E-state index contributed by atoms with van der Waals surface area (Å²) in [5.41, 5.74) is 0. The average Bonchev–Trinajstić information content (AvgIpc) is 2.69. The number of carbonyl (C=O) groups is 1. The summed E-state index contributed by atoms with van der Waals surface area (Å²) in [6, 6.07) is 0. The van der Waals surface area contributed by atoms with E-state index in [2.05, 4.69) is 0 Å². The predicted octanol–water partition coefficient (Wildman–Crippen LogP) is 4.50. The minimum Gasteiger partial charge on any atom is -0.299 e. The van der Waals surface area contributed by atoms with Gasteiger partial charge in [-0.25, -0.2) is 0 Å². The first kappa shape index (κ1) is 12.1. The van der Waals surface area contributed by atoms with Gasteiger partial charge in [0.2, 0.25) is 0 Å². The summed E-state index contributed by atoms with van der Waals surface area (Å²) in [5, 5.41) is 0. The van der Waals surface area contributed by atoms with Crippen molar-refractivity contribution in [2.24, 2.45) is 11.8 Å². The standard InChI is InChI=1S/C15H26O/c16-15(12-13-8-6-7-9-13)14-10-4-2-1-3-5-11-14/h13-14H,1-12H2. The van der Waals surface area contributed by atoms with Crippen LogP contribution in [0, 0.1) is 11.8 Å². The second-order valence-electron chi connectivity index (χ2n) is 5.86. The lowest BCUT2D eigenvalue weighted by atomic mass is 9.84. The van der Waals surface area contributed by atoms with E-state index in [1.165, 1.54) is 70.6 Å². The van der Waals surface area contributed by atoms with Crippen molar-refractivity contribution < 1.29 is 4.79 Å². The lowest BCUT2D eigenvalue weighted by molar-refractivity contribution is -0.124. The maximum absolute atomic E-state index is 12.2. The van der Waals surface area contributed by atoms with Crippen molar-refractivity contribution in [3.8, 4) is 0 Å². The fourth-order valence-corrected chi connectivity index (χ4v) is 3.44. The highest BCUT2D eigenvalue weighted by Gasteiger charge is 2.24. The van der Waals surface area contributed by atoms with Crippen LogP contribution >= 0.6 is 0 Å². The van der Waals surface area contributed by atoms with Crippen LogP contribution in [0.5, 0.6) is 0 Å². The number of hydrogen-bond donors (Lipinski definition) is 0. The highest BCUT2D eigenvalue weighted by atomic mass is 16.1. The van der Waals surface area contributed by atoms with Gasteiger partial charge in [-0.15, -0.1) is 0 Å². The third kappa shape index (κ3) is 3.61. The molecule has 0 spiro atoms. The zero-order chi connectivity index (χ0) is 11.2. The zero-order valence-corrected chi connectivity index (χ0v) is 10.5. The molecule has 0 N–H and O–H groups in total. The van der Waals surface area contributed by atoms with Crippen molar-refractivity contribution in [2.75, 3.05) is 0 Å². The molecule has 0 amide bonds. The molecule has 0 aromatic heterocycles.